The van der Waals surface area contributed by atoms with Crippen LogP contribution in [0.4, 0.5) is 0 Å². The van der Waals surface area contributed by atoms with Gasteiger partial charge in [-0.25, -0.2) is 0 Å². The average molecular weight is 300 g/mol. The maximum atomic E-state index is 5.22. The molecule has 0 unspecified atom stereocenters. The van der Waals surface area contributed by atoms with E-state index in [-0.39, 0.29) is 0 Å². The number of hydrogen-bond donors (Lipinski definition) is 2. The summed E-state index contributed by atoms with van der Waals surface area (Å²) < 4.78 is 5.22. The third kappa shape index (κ3) is 4.03. The van der Waals surface area contributed by atoms with Crippen LogP contribution in [0.2, 0.25) is 0 Å². The lowest BCUT2D eigenvalue weighted by Crippen LogP contribution is -2.39. The van der Waals surface area contributed by atoms with E-state index in [0.717, 1.165) is 18.4 Å². The molecule has 7 heteroatoms. The minimum absolute atomic E-state index is 0.451. The summed E-state index contributed by atoms with van der Waals surface area (Å²) in [7, 11) is 1.77. The molecule has 116 valence electrons. The van der Waals surface area contributed by atoms with Gasteiger partial charge in [-0.05, 0) is 30.9 Å². The Hall–Kier alpha value is -2.44. The van der Waals surface area contributed by atoms with Gasteiger partial charge in [-0.1, -0.05) is 11.2 Å². The summed E-state index contributed by atoms with van der Waals surface area (Å²) in [6.45, 7) is 1.69. The molecule has 0 radical (unpaired) electrons. The van der Waals surface area contributed by atoms with Crippen molar-refractivity contribution in [2.75, 3.05) is 20.1 Å². The minimum atomic E-state index is 0.451. The zero-order valence-electron chi connectivity index (χ0n) is 12.6. The zero-order chi connectivity index (χ0) is 15.2. The van der Waals surface area contributed by atoms with E-state index in [2.05, 4.69) is 30.8 Å². The first kappa shape index (κ1) is 14.5. The third-order valence-electron chi connectivity index (χ3n) is 3.47. The van der Waals surface area contributed by atoms with Crippen molar-refractivity contribution < 1.29 is 4.52 Å². The molecule has 2 N–H and O–H groups in total. The van der Waals surface area contributed by atoms with Gasteiger partial charge in [-0.2, -0.15) is 4.98 Å². The van der Waals surface area contributed by atoms with Crippen molar-refractivity contribution in [3.63, 3.8) is 0 Å². The normalized spacial score (nSPS) is 14.9. The maximum absolute atomic E-state index is 5.22. The van der Waals surface area contributed by atoms with Crippen molar-refractivity contribution >= 4 is 5.96 Å². The molecular weight excluding hydrogens is 280 g/mol. The van der Waals surface area contributed by atoms with Crippen molar-refractivity contribution in [2.24, 2.45) is 10.9 Å². The lowest BCUT2D eigenvalue weighted by molar-refractivity contribution is 0.421. The highest BCUT2D eigenvalue weighted by atomic mass is 16.5. The molecule has 22 heavy (non-hydrogen) atoms. The molecule has 1 aliphatic carbocycles. The van der Waals surface area contributed by atoms with E-state index >= 15 is 0 Å². The van der Waals surface area contributed by atoms with Gasteiger partial charge in [0.2, 0.25) is 0 Å². The van der Waals surface area contributed by atoms with Crippen LogP contribution >= 0.6 is 0 Å². The van der Waals surface area contributed by atoms with Gasteiger partial charge in [0.1, 0.15) is 5.69 Å². The van der Waals surface area contributed by atoms with Crippen molar-refractivity contribution in [1.29, 1.82) is 0 Å². The molecule has 0 saturated heterocycles. The molecule has 2 aromatic rings. The fourth-order valence-electron chi connectivity index (χ4n) is 2.03. The first-order valence-corrected chi connectivity index (χ1v) is 7.53. The number of aliphatic imine (C=N–C) groups is 1. The highest BCUT2D eigenvalue weighted by molar-refractivity contribution is 5.79. The van der Waals surface area contributed by atoms with Gasteiger partial charge in [0, 0.05) is 32.8 Å². The Morgan fingerprint density at radius 2 is 2.27 bits per heavy atom. The number of nitrogens with one attached hydrogen (secondary N) is 2. The summed E-state index contributed by atoms with van der Waals surface area (Å²) in [5.74, 6) is 2.75. The van der Waals surface area contributed by atoms with Gasteiger partial charge in [0.15, 0.2) is 11.8 Å². The number of pyridine rings is 1. The Bertz CT molecular complexity index is 620. The van der Waals surface area contributed by atoms with Crippen LogP contribution in [0.5, 0.6) is 0 Å². The van der Waals surface area contributed by atoms with E-state index in [1.165, 1.54) is 12.8 Å². The van der Waals surface area contributed by atoms with Crippen LogP contribution in [0.3, 0.4) is 0 Å². The van der Waals surface area contributed by atoms with Gasteiger partial charge in [-0.15, -0.1) is 0 Å². The summed E-state index contributed by atoms with van der Waals surface area (Å²) in [6.07, 6.45) is 5.02. The summed E-state index contributed by atoms with van der Waals surface area (Å²) in [5, 5.41) is 10.5. The molecule has 0 amide bonds. The van der Waals surface area contributed by atoms with Crippen LogP contribution in [0.1, 0.15) is 18.7 Å². The lowest BCUT2D eigenvalue weighted by Gasteiger charge is -2.10. The topological polar surface area (TPSA) is 88.2 Å². The van der Waals surface area contributed by atoms with Crippen molar-refractivity contribution in [3.05, 3.63) is 30.2 Å². The molecule has 2 aromatic heterocycles. The Kier molecular flexibility index (Phi) is 4.62. The Balaban J connectivity index is 1.46. The summed E-state index contributed by atoms with van der Waals surface area (Å²) in [5.41, 5.74) is 0.691. The van der Waals surface area contributed by atoms with Gasteiger partial charge in [-0.3, -0.25) is 9.98 Å². The van der Waals surface area contributed by atoms with E-state index in [0.29, 0.717) is 30.4 Å². The maximum Gasteiger partial charge on any atom is 0.276 e. The molecule has 1 saturated carbocycles. The predicted octanol–water partition coefficient (Wildman–Crippen LogP) is 1.25. The van der Waals surface area contributed by atoms with Gasteiger partial charge in [0.25, 0.3) is 5.89 Å². The Morgan fingerprint density at radius 1 is 1.36 bits per heavy atom. The van der Waals surface area contributed by atoms with E-state index in [1.807, 2.05) is 18.2 Å². The number of hydrogen-bond acceptors (Lipinski definition) is 5. The highest BCUT2D eigenvalue weighted by Gasteiger charge is 2.21. The van der Waals surface area contributed by atoms with Crippen molar-refractivity contribution in [3.8, 4) is 11.6 Å². The lowest BCUT2D eigenvalue weighted by atomic mass is 10.3. The second-order valence-electron chi connectivity index (χ2n) is 5.30. The number of nitrogens with zero attached hydrogens (tertiary/aromatic N) is 4. The Morgan fingerprint density at radius 3 is 3.00 bits per heavy atom. The van der Waals surface area contributed by atoms with Crippen molar-refractivity contribution in [1.82, 2.24) is 25.8 Å². The van der Waals surface area contributed by atoms with Crippen LogP contribution in [0, 0.1) is 5.92 Å². The van der Waals surface area contributed by atoms with Gasteiger partial charge in [0.05, 0.1) is 0 Å². The van der Waals surface area contributed by atoms with Crippen LogP contribution in [0.25, 0.3) is 11.6 Å². The highest BCUT2D eigenvalue weighted by Crippen LogP contribution is 2.27. The quantitative estimate of drug-likeness (QED) is 0.616. The van der Waals surface area contributed by atoms with Crippen molar-refractivity contribution in [2.45, 2.75) is 19.3 Å². The molecule has 7 nitrogen and oxygen atoms in total. The van der Waals surface area contributed by atoms with Gasteiger partial charge < -0.3 is 15.2 Å². The zero-order valence-corrected chi connectivity index (χ0v) is 12.6. The molecule has 0 aliphatic heterocycles. The molecule has 0 aromatic carbocycles. The summed E-state index contributed by atoms with van der Waals surface area (Å²) in [4.78, 5) is 12.7. The van der Waals surface area contributed by atoms with Gasteiger partial charge >= 0.3 is 0 Å². The standard InChI is InChI=1S/C15H20N6O/c1-16-15(19-10-11-5-6-11)18-9-7-13-20-14(22-21-13)12-4-2-3-8-17-12/h2-4,8,11H,5-7,9-10H2,1H3,(H2,16,18,19). The average Bonchev–Trinajstić information content (AvgIpc) is 3.28. The van der Waals surface area contributed by atoms with Crippen LogP contribution in [-0.4, -0.2) is 41.2 Å². The molecule has 0 bridgehead atoms. The smallest absolute Gasteiger partial charge is 0.276 e. The Labute approximate surface area is 129 Å². The van der Waals surface area contributed by atoms with Crippen LogP contribution < -0.4 is 10.6 Å². The van der Waals surface area contributed by atoms with E-state index in [4.69, 9.17) is 4.52 Å². The molecule has 3 rings (SSSR count). The fraction of sp³-hybridized carbons (Fsp3) is 0.467. The van der Waals surface area contributed by atoms with E-state index in [1.54, 1.807) is 13.2 Å². The fourth-order valence-corrected chi connectivity index (χ4v) is 2.03. The predicted molar refractivity (Wildman–Crippen MR) is 83.3 cm³/mol. The summed E-state index contributed by atoms with van der Waals surface area (Å²) >= 11 is 0. The number of rotatable bonds is 6. The molecule has 1 fully saturated rings. The van der Waals surface area contributed by atoms with Crippen LogP contribution in [0.15, 0.2) is 33.9 Å². The SMILES string of the molecule is CN=C(NCCc1noc(-c2ccccn2)n1)NCC1CC1. The molecule has 0 spiro atoms. The number of guanidine groups is 1. The second-order valence-corrected chi connectivity index (χ2v) is 5.30. The first-order chi connectivity index (χ1) is 10.8. The molecule has 0 atom stereocenters. The summed E-state index contributed by atoms with van der Waals surface area (Å²) in [6, 6.07) is 5.59. The van der Waals surface area contributed by atoms with E-state index < -0.39 is 0 Å². The minimum Gasteiger partial charge on any atom is -0.356 e. The monoisotopic (exact) mass is 300 g/mol. The number of aromatic nitrogens is 3. The molecular formula is C15H20N6O. The van der Waals surface area contributed by atoms with Crippen LogP contribution in [-0.2, 0) is 6.42 Å². The molecule has 2 heterocycles. The third-order valence-corrected chi connectivity index (χ3v) is 3.47. The van der Waals surface area contributed by atoms with E-state index in [9.17, 15) is 0 Å². The first-order valence-electron chi connectivity index (χ1n) is 7.53. The second kappa shape index (κ2) is 7.02. The largest absolute Gasteiger partial charge is 0.356 e. The molecule has 1 aliphatic rings.